The molecule has 0 unspecified atom stereocenters. The number of nitrogens with one attached hydrogen (secondary N) is 1. The minimum atomic E-state index is 0.0445. The molecular formula is C20H24N6O. The molecule has 2 aromatic heterocycles. The Bertz CT molecular complexity index is 987. The number of amides is 1. The molecule has 1 amide bonds. The van der Waals surface area contributed by atoms with Crippen LogP contribution in [0.1, 0.15) is 5.69 Å². The molecule has 3 aromatic rings. The van der Waals surface area contributed by atoms with Crippen molar-refractivity contribution >= 4 is 28.3 Å². The quantitative estimate of drug-likeness (QED) is 0.697. The van der Waals surface area contributed by atoms with Crippen molar-refractivity contribution in [1.29, 1.82) is 0 Å². The molecule has 0 saturated carbocycles. The fraction of sp³-hybridized carbons (Fsp3) is 0.350. The van der Waals surface area contributed by atoms with Gasteiger partial charge in [0.15, 0.2) is 5.65 Å². The minimum absolute atomic E-state index is 0.0445. The van der Waals surface area contributed by atoms with Crippen LogP contribution < -0.4 is 10.2 Å². The Balaban J connectivity index is 1.55. The number of fused-ring (bicyclic) bond motifs is 3. The second-order valence-corrected chi connectivity index (χ2v) is 6.86. The highest BCUT2D eigenvalue weighted by molar-refractivity contribution is 5.91. The lowest BCUT2D eigenvalue weighted by atomic mass is 10.2. The van der Waals surface area contributed by atoms with E-state index in [1.807, 2.05) is 29.6 Å². The van der Waals surface area contributed by atoms with Gasteiger partial charge in [0.1, 0.15) is 5.82 Å². The molecule has 1 saturated heterocycles. The van der Waals surface area contributed by atoms with Crippen molar-refractivity contribution in [1.82, 2.24) is 24.8 Å². The SMILES string of the molecule is C=CCNC(=O)CN1CCN(c2nc3cc(C)nn3c3ccccc23)CC1. The van der Waals surface area contributed by atoms with Crippen molar-refractivity contribution in [2.24, 2.45) is 0 Å². The van der Waals surface area contributed by atoms with E-state index in [0.29, 0.717) is 13.1 Å². The lowest BCUT2D eigenvalue weighted by Gasteiger charge is -2.35. The fourth-order valence-corrected chi connectivity index (χ4v) is 3.56. The summed E-state index contributed by atoms with van der Waals surface area (Å²) in [5, 5.41) is 8.51. The number of para-hydroxylation sites is 1. The Kier molecular flexibility index (Phi) is 4.77. The molecule has 1 aliphatic heterocycles. The highest BCUT2D eigenvalue weighted by atomic mass is 16.2. The van der Waals surface area contributed by atoms with Gasteiger partial charge in [-0.25, -0.2) is 9.50 Å². The van der Waals surface area contributed by atoms with Gasteiger partial charge in [-0.1, -0.05) is 18.2 Å². The van der Waals surface area contributed by atoms with Gasteiger partial charge in [-0.3, -0.25) is 9.69 Å². The third kappa shape index (κ3) is 3.50. The first-order valence-electron chi connectivity index (χ1n) is 9.26. The van der Waals surface area contributed by atoms with Gasteiger partial charge in [-0.15, -0.1) is 6.58 Å². The molecule has 7 heteroatoms. The van der Waals surface area contributed by atoms with E-state index in [1.54, 1.807) is 6.08 Å². The van der Waals surface area contributed by atoms with Gasteiger partial charge in [0.25, 0.3) is 0 Å². The molecule has 1 aliphatic rings. The molecule has 27 heavy (non-hydrogen) atoms. The summed E-state index contributed by atoms with van der Waals surface area (Å²) in [5.41, 5.74) is 2.89. The Morgan fingerprint density at radius 2 is 2.04 bits per heavy atom. The van der Waals surface area contributed by atoms with Gasteiger partial charge >= 0.3 is 0 Å². The predicted molar refractivity (Wildman–Crippen MR) is 107 cm³/mol. The van der Waals surface area contributed by atoms with Gasteiger partial charge in [-0.2, -0.15) is 5.10 Å². The van der Waals surface area contributed by atoms with Crippen molar-refractivity contribution in [3.63, 3.8) is 0 Å². The minimum Gasteiger partial charge on any atom is -0.353 e. The summed E-state index contributed by atoms with van der Waals surface area (Å²) in [6, 6.07) is 10.3. The van der Waals surface area contributed by atoms with Crippen LogP contribution in [0.25, 0.3) is 16.6 Å². The number of carbonyl (C=O) groups excluding carboxylic acids is 1. The normalized spacial score (nSPS) is 15.4. The molecule has 0 aliphatic carbocycles. The zero-order chi connectivity index (χ0) is 18.8. The van der Waals surface area contributed by atoms with Crippen molar-refractivity contribution in [2.75, 3.05) is 44.2 Å². The van der Waals surface area contributed by atoms with Crippen LogP contribution in [-0.2, 0) is 4.79 Å². The number of piperazine rings is 1. The number of nitrogens with zero attached hydrogens (tertiary/aromatic N) is 5. The summed E-state index contributed by atoms with van der Waals surface area (Å²) in [7, 11) is 0. The van der Waals surface area contributed by atoms with Crippen LogP contribution >= 0.6 is 0 Å². The van der Waals surface area contributed by atoms with Gasteiger partial charge in [0.05, 0.1) is 17.8 Å². The predicted octanol–water partition coefficient (Wildman–Crippen LogP) is 1.62. The molecule has 0 bridgehead atoms. The fourth-order valence-electron chi connectivity index (χ4n) is 3.56. The second-order valence-electron chi connectivity index (χ2n) is 6.86. The van der Waals surface area contributed by atoms with Crippen LogP contribution in [0.4, 0.5) is 5.82 Å². The van der Waals surface area contributed by atoms with Crippen LogP contribution in [0.3, 0.4) is 0 Å². The van der Waals surface area contributed by atoms with E-state index in [1.165, 1.54) is 0 Å². The molecule has 0 atom stereocenters. The maximum Gasteiger partial charge on any atom is 0.234 e. The van der Waals surface area contributed by atoms with Crippen LogP contribution in [0.15, 0.2) is 43.0 Å². The number of aromatic nitrogens is 3. The number of aryl methyl sites for hydroxylation is 1. The van der Waals surface area contributed by atoms with E-state index in [4.69, 9.17) is 4.98 Å². The van der Waals surface area contributed by atoms with Crippen LogP contribution in [0.2, 0.25) is 0 Å². The molecular weight excluding hydrogens is 340 g/mol. The number of benzene rings is 1. The standard InChI is InChI=1S/C20H24N6O/c1-3-8-21-19(27)14-24-9-11-25(12-10-24)20-16-6-4-5-7-17(16)26-18(22-20)13-15(2)23-26/h3-7,13H,1,8-12,14H2,2H3,(H,21,27). The van der Waals surface area contributed by atoms with E-state index in [-0.39, 0.29) is 5.91 Å². The Labute approximate surface area is 158 Å². The van der Waals surface area contributed by atoms with Crippen molar-refractivity contribution in [3.05, 3.63) is 48.7 Å². The third-order valence-corrected chi connectivity index (χ3v) is 4.89. The van der Waals surface area contributed by atoms with Crippen LogP contribution in [0, 0.1) is 6.92 Å². The summed E-state index contributed by atoms with van der Waals surface area (Å²) in [5.74, 6) is 1.04. The largest absolute Gasteiger partial charge is 0.353 e. The molecule has 3 heterocycles. The first-order chi connectivity index (χ1) is 13.2. The molecule has 0 spiro atoms. The van der Waals surface area contributed by atoms with Gasteiger partial charge < -0.3 is 10.2 Å². The van der Waals surface area contributed by atoms with Crippen molar-refractivity contribution in [3.8, 4) is 0 Å². The Hall–Kier alpha value is -2.93. The van der Waals surface area contributed by atoms with Crippen molar-refractivity contribution in [2.45, 2.75) is 6.92 Å². The number of hydrogen-bond donors (Lipinski definition) is 1. The molecule has 1 fully saturated rings. The monoisotopic (exact) mass is 364 g/mol. The number of carbonyl (C=O) groups is 1. The summed E-state index contributed by atoms with van der Waals surface area (Å²) >= 11 is 0. The summed E-state index contributed by atoms with van der Waals surface area (Å²) < 4.78 is 1.91. The molecule has 1 N–H and O–H groups in total. The van der Waals surface area contributed by atoms with Crippen LogP contribution in [0.5, 0.6) is 0 Å². The first kappa shape index (κ1) is 17.5. The molecule has 7 nitrogen and oxygen atoms in total. The van der Waals surface area contributed by atoms with E-state index in [0.717, 1.165) is 54.2 Å². The average molecular weight is 364 g/mol. The van der Waals surface area contributed by atoms with Gasteiger partial charge in [0.2, 0.25) is 5.91 Å². The highest BCUT2D eigenvalue weighted by Gasteiger charge is 2.22. The first-order valence-corrected chi connectivity index (χ1v) is 9.26. The summed E-state index contributed by atoms with van der Waals surface area (Å²) in [6.45, 7) is 9.90. The lowest BCUT2D eigenvalue weighted by Crippen LogP contribution is -2.49. The smallest absolute Gasteiger partial charge is 0.234 e. The second kappa shape index (κ2) is 7.36. The van der Waals surface area contributed by atoms with Crippen molar-refractivity contribution < 1.29 is 4.79 Å². The summed E-state index contributed by atoms with van der Waals surface area (Å²) in [6.07, 6.45) is 1.70. The average Bonchev–Trinajstić information content (AvgIpc) is 3.07. The van der Waals surface area contributed by atoms with Crippen LogP contribution in [-0.4, -0.2) is 64.7 Å². The highest BCUT2D eigenvalue weighted by Crippen LogP contribution is 2.27. The number of anilines is 1. The zero-order valence-electron chi connectivity index (χ0n) is 15.6. The maximum absolute atomic E-state index is 11.9. The summed E-state index contributed by atoms with van der Waals surface area (Å²) in [4.78, 5) is 21.3. The number of hydrogen-bond acceptors (Lipinski definition) is 5. The van der Waals surface area contributed by atoms with E-state index in [2.05, 4.69) is 38.9 Å². The topological polar surface area (TPSA) is 65.8 Å². The lowest BCUT2D eigenvalue weighted by molar-refractivity contribution is -0.122. The molecule has 4 rings (SSSR count). The van der Waals surface area contributed by atoms with E-state index in [9.17, 15) is 4.79 Å². The molecule has 1 aromatic carbocycles. The van der Waals surface area contributed by atoms with E-state index < -0.39 is 0 Å². The molecule has 0 radical (unpaired) electrons. The Morgan fingerprint density at radius 1 is 1.26 bits per heavy atom. The Morgan fingerprint density at radius 3 is 2.81 bits per heavy atom. The van der Waals surface area contributed by atoms with Gasteiger partial charge in [-0.05, 0) is 19.1 Å². The third-order valence-electron chi connectivity index (χ3n) is 4.89. The number of rotatable bonds is 5. The van der Waals surface area contributed by atoms with E-state index >= 15 is 0 Å². The maximum atomic E-state index is 11.9. The molecule has 140 valence electrons. The van der Waals surface area contributed by atoms with Gasteiger partial charge in [0, 0.05) is 44.2 Å². The zero-order valence-corrected chi connectivity index (χ0v) is 15.6.